The van der Waals surface area contributed by atoms with E-state index in [9.17, 15) is 14.4 Å². The smallest absolute Gasteiger partial charge is 0.319 e. The second-order valence-electron chi connectivity index (χ2n) is 6.03. The van der Waals surface area contributed by atoms with Gasteiger partial charge < -0.3 is 20.3 Å². The van der Waals surface area contributed by atoms with Gasteiger partial charge in [-0.05, 0) is 37.0 Å². The Balaban J connectivity index is 1.72. The number of ether oxygens (including phenoxy) is 1. The number of carbonyl (C=O) groups excluding carboxylic acids is 3. The van der Waals surface area contributed by atoms with Crippen molar-refractivity contribution in [2.75, 3.05) is 25.5 Å². The van der Waals surface area contributed by atoms with E-state index in [1.165, 1.54) is 7.11 Å². The molecule has 0 radical (unpaired) electrons. The molecule has 1 aromatic carbocycles. The summed E-state index contributed by atoms with van der Waals surface area (Å²) in [6.45, 7) is 1.86. The standard InChI is InChI=1S/C18H25N3O4/c1-25-17(23)9-2-3-10-19-18(24)20-15-7-4-6-14(12-15)13-21-11-5-8-16(21)22/h4,6-7,12H,2-3,5,8-11,13H2,1H3,(H2,19,20,24). The van der Waals surface area contributed by atoms with Crippen LogP contribution in [-0.2, 0) is 20.9 Å². The maximum absolute atomic E-state index is 11.9. The molecule has 25 heavy (non-hydrogen) atoms. The summed E-state index contributed by atoms with van der Waals surface area (Å²) in [6.07, 6.45) is 3.27. The van der Waals surface area contributed by atoms with Gasteiger partial charge in [0.05, 0.1) is 7.11 Å². The van der Waals surface area contributed by atoms with Gasteiger partial charge in [-0.25, -0.2) is 4.79 Å². The maximum Gasteiger partial charge on any atom is 0.319 e. The molecule has 1 fully saturated rings. The van der Waals surface area contributed by atoms with Gasteiger partial charge >= 0.3 is 12.0 Å². The molecular formula is C18H25N3O4. The number of unbranched alkanes of at least 4 members (excludes halogenated alkanes) is 1. The molecule has 0 spiro atoms. The fourth-order valence-corrected chi connectivity index (χ4v) is 2.71. The van der Waals surface area contributed by atoms with Crippen LogP contribution in [-0.4, -0.2) is 43.0 Å². The molecule has 0 aliphatic carbocycles. The van der Waals surface area contributed by atoms with Crippen LogP contribution in [0.4, 0.5) is 10.5 Å². The van der Waals surface area contributed by atoms with Crippen molar-refractivity contribution in [3.63, 3.8) is 0 Å². The Morgan fingerprint density at radius 3 is 2.84 bits per heavy atom. The van der Waals surface area contributed by atoms with Crippen molar-refractivity contribution in [1.82, 2.24) is 10.2 Å². The van der Waals surface area contributed by atoms with Gasteiger partial charge in [0.2, 0.25) is 5.91 Å². The Bertz CT molecular complexity index is 618. The number of carbonyl (C=O) groups is 3. The molecule has 2 rings (SSSR count). The third-order valence-corrected chi connectivity index (χ3v) is 4.05. The van der Waals surface area contributed by atoms with Crippen LogP contribution in [0.5, 0.6) is 0 Å². The summed E-state index contributed by atoms with van der Waals surface area (Å²) in [5.41, 5.74) is 1.68. The number of urea groups is 1. The normalized spacial score (nSPS) is 13.6. The topological polar surface area (TPSA) is 87.7 Å². The zero-order valence-electron chi connectivity index (χ0n) is 14.5. The second kappa shape index (κ2) is 9.66. The van der Waals surface area contributed by atoms with E-state index >= 15 is 0 Å². The average molecular weight is 347 g/mol. The highest BCUT2D eigenvalue weighted by Crippen LogP contribution is 2.17. The van der Waals surface area contributed by atoms with Gasteiger partial charge in [-0.1, -0.05) is 12.1 Å². The van der Waals surface area contributed by atoms with E-state index in [1.807, 2.05) is 29.2 Å². The van der Waals surface area contributed by atoms with Crippen LogP contribution in [0.25, 0.3) is 0 Å². The molecule has 136 valence electrons. The Labute approximate surface area is 147 Å². The number of benzene rings is 1. The molecule has 2 N–H and O–H groups in total. The highest BCUT2D eigenvalue weighted by Gasteiger charge is 2.19. The molecule has 1 saturated heterocycles. The number of nitrogens with one attached hydrogen (secondary N) is 2. The molecule has 0 unspecified atom stereocenters. The molecule has 7 nitrogen and oxygen atoms in total. The van der Waals surface area contributed by atoms with Crippen molar-refractivity contribution in [3.05, 3.63) is 29.8 Å². The number of amides is 3. The summed E-state index contributed by atoms with van der Waals surface area (Å²) >= 11 is 0. The van der Waals surface area contributed by atoms with Gasteiger partial charge in [0.25, 0.3) is 0 Å². The Hall–Kier alpha value is -2.57. The third-order valence-electron chi connectivity index (χ3n) is 4.05. The van der Waals surface area contributed by atoms with E-state index in [0.717, 1.165) is 18.5 Å². The summed E-state index contributed by atoms with van der Waals surface area (Å²) < 4.78 is 4.56. The van der Waals surface area contributed by atoms with Crippen LogP contribution < -0.4 is 10.6 Å². The van der Waals surface area contributed by atoms with E-state index in [2.05, 4.69) is 15.4 Å². The quantitative estimate of drug-likeness (QED) is 0.558. The van der Waals surface area contributed by atoms with Crippen molar-refractivity contribution in [1.29, 1.82) is 0 Å². The van der Waals surface area contributed by atoms with Crippen LogP contribution in [0.1, 0.15) is 37.7 Å². The number of anilines is 1. The van der Waals surface area contributed by atoms with E-state index < -0.39 is 0 Å². The largest absolute Gasteiger partial charge is 0.469 e. The lowest BCUT2D eigenvalue weighted by Gasteiger charge is -2.16. The van der Waals surface area contributed by atoms with E-state index in [4.69, 9.17) is 0 Å². The number of rotatable bonds is 8. The first-order chi connectivity index (χ1) is 12.1. The van der Waals surface area contributed by atoms with Crippen molar-refractivity contribution in [2.45, 2.75) is 38.6 Å². The Morgan fingerprint density at radius 1 is 1.28 bits per heavy atom. The minimum atomic E-state index is -0.285. The number of methoxy groups -OCH3 is 1. The summed E-state index contributed by atoms with van der Waals surface area (Å²) in [5, 5.41) is 5.54. The summed E-state index contributed by atoms with van der Waals surface area (Å²) in [5.74, 6) is -0.0548. The lowest BCUT2D eigenvalue weighted by molar-refractivity contribution is -0.140. The van der Waals surface area contributed by atoms with Gasteiger partial charge in [0.1, 0.15) is 0 Å². The van der Waals surface area contributed by atoms with Crippen LogP contribution in [0.3, 0.4) is 0 Å². The van der Waals surface area contributed by atoms with Gasteiger partial charge in [-0.3, -0.25) is 9.59 Å². The van der Waals surface area contributed by atoms with Crippen LogP contribution in [0.2, 0.25) is 0 Å². The molecule has 1 aliphatic rings. The maximum atomic E-state index is 11.9. The fourth-order valence-electron chi connectivity index (χ4n) is 2.71. The van der Waals surface area contributed by atoms with Gasteiger partial charge in [0, 0.05) is 38.2 Å². The van der Waals surface area contributed by atoms with Gasteiger partial charge in [-0.2, -0.15) is 0 Å². The number of hydrogen-bond acceptors (Lipinski definition) is 4. The van der Waals surface area contributed by atoms with E-state index in [1.54, 1.807) is 0 Å². The predicted octanol–water partition coefficient (Wildman–Crippen LogP) is 2.27. The zero-order valence-corrected chi connectivity index (χ0v) is 14.5. The predicted molar refractivity (Wildman–Crippen MR) is 94.0 cm³/mol. The average Bonchev–Trinajstić information content (AvgIpc) is 2.99. The zero-order chi connectivity index (χ0) is 18.1. The van der Waals surface area contributed by atoms with Gasteiger partial charge in [0.15, 0.2) is 0 Å². The van der Waals surface area contributed by atoms with Crippen molar-refractivity contribution in [3.8, 4) is 0 Å². The lowest BCUT2D eigenvalue weighted by Crippen LogP contribution is -2.29. The van der Waals surface area contributed by atoms with Crippen molar-refractivity contribution in [2.24, 2.45) is 0 Å². The number of likely N-dealkylation sites (tertiary alicyclic amines) is 1. The van der Waals surface area contributed by atoms with Crippen LogP contribution in [0, 0.1) is 0 Å². The van der Waals surface area contributed by atoms with Crippen LogP contribution in [0.15, 0.2) is 24.3 Å². The molecular weight excluding hydrogens is 322 g/mol. The first kappa shape index (κ1) is 18.8. The molecule has 3 amide bonds. The van der Waals surface area contributed by atoms with Gasteiger partial charge in [-0.15, -0.1) is 0 Å². The molecule has 1 heterocycles. The van der Waals surface area contributed by atoms with Crippen molar-refractivity contribution >= 4 is 23.6 Å². The second-order valence-corrected chi connectivity index (χ2v) is 6.03. The third kappa shape index (κ3) is 6.45. The molecule has 0 bridgehead atoms. The Kier molecular flexibility index (Phi) is 7.25. The summed E-state index contributed by atoms with van der Waals surface area (Å²) in [4.78, 5) is 36.4. The highest BCUT2D eigenvalue weighted by atomic mass is 16.5. The minimum absolute atomic E-state index is 0.183. The molecule has 0 atom stereocenters. The number of hydrogen-bond donors (Lipinski definition) is 2. The molecule has 1 aliphatic heterocycles. The Morgan fingerprint density at radius 2 is 2.12 bits per heavy atom. The number of esters is 1. The van der Waals surface area contributed by atoms with Crippen molar-refractivity contribution < 1.29 is 19.1 Å². The SMILES string of the molecule is COC(=O)CCCCNC(=O)Nc1cccc(CN2CCCC2=O)c1. The monoisotopic (exact) mass is 347 g/mol. The number of nitrogens with zero attached hydrogens (tertiary/aromatic N) is 1. The van der Waals surface area contributed by atoms with Crippen LogP contribution >= 0.6 is 0 Å². The van der Waals surface area contributed by atoms with E-state index in [0.29, 0.717) is 44.5 Å². The molecule has 1 aromatic rings. The summed E-state index contributed by atoms with van der Waals surface area (Å²) in [7, 11) is 1.36. The fraction of sp³-hybridized carbons (Fsp3) is 0.500. The lowest BCUT2D eigenvalue weighted by atomic mass is 10.2. The first-order valence-corrected chi connectivity index (χ1v) is 8.57. The minimum Gasteiger partial charge on any atom is -0.469 e. The molecule has 7 heteroatoms. The summed E-state index contributed by atoms with van der Waals surface area (Å²) in [6, 6.07) is 7.21. The van der Waals surface area contributed by atoms with E-state index in [-0.39, 0.29) is 17.9 Å². The first-order valence-electron chi connectivity index (χ1n) is 8.57. The molecule has 0 saturated carbocycles. The highest BCUT2D eigenvalue weighted by molar-refractivity contribution is 5.89. The molecule has 0 aromatic heterocycles.